The molecule has 1 N–H and O–H groups in total. The average Bonchev–Trinajstić information content (AvgIpc) is 2.77. The van der Waals surface area contributed by atoms with Gasteiger partial charge in [0.2, 0.25) is 10.0 Å². The molecule has 6 nitrogen and oxygen atoms in total. The third-order valence-corrected chi connectivity index (χ3v) is 6.59. The molecule has 1 amide bonds. The lowest BCUT2D eigenvalue weighted by molar-refractivity contribution is 0.102. The predicted molar refractivity (Wildman–Crippen MR) is 133 cm³/mol. The van der Waals surface area contributed by atoms with Gasteiger partial charge in [0.25, 0.3) is 5.91 Å². The van der Waals surface area contributed by atoms with Gasteiger partial charge in [-0.2, -0.15) is 0 Å². The van der Waals surface area contributed by atoms with E-state index in [4.69, 9.17) is 0 Å². The summed E-state index contributed by atoms with van der Waals surface area (Å²) in [6, 6.07) is 20.6. The first kappa shape index (κ1) is 24.2. The zero-order valence-corrected chi connectivity index (χ0v) is 20.2. The van der Waals surface area contributed by atoms with E-state index in [2.05, 4.69) is 26.1 Å². The highest BCUT2D eigenvalue weighted by Gasteiger charge is 2.16. The van der Waals surface area contributed by atoms with Crippen molar-refractivity contribution in [2.45, 2.75) is 26.2 Å². The van der Waals surface area contributed by atoms with Crippen LogP contribution in [0.3, 0.4) is 0 Å². The van der Waals surface area contributed by atoms with E-state index in [-0.39, 0.29) is 17.1 Å². The van der Waals surface area contributed by atoms with Crippen molar-refractivity contribution in [2.75, 3.05) is 22.9 Å². The number of anilines is 2. The molecule has 3 aromatic carbocycles. The lowest BCUT2D eigenvalue weighted by Gasteiger charge is -2.19. The van der Waals surface area contributed by atoms with E-state index >= 15 is 0 Å². The Hall–Kier alpha value is -3.45. The van der Waals surface area contributed by atoms with Gasteiger partial charge in [0.05, 0.1) is 11.9 Å². The SMILES string of the molecule is CN(c1ccc(C(=O)Nc2cccc(C(=O)c3ccc(C(C)(C)C)cc3)c2)cc1)S(C)(=O)=O. The maximum absolute atomic E-state index is 12.9. The molecule has 7 heteroatoms. The normalized spacial score (nSPS) is 11.7. The van der Waals surface area contributed by atoms with E-state index in [9.17, 15) is 18.0 Å². The first-order valence-corrected chi connectivity index (χ1v) is 12.3. The Bertz CT molecular complexity index is 1270. The molecule has 0 aliphatic rings. The van der Waals surface area contributed by atoms with Crippen LogP contribution in [0.15, 0.2) is 72.8 Å². The molecule has 0 fully saturated rings. The summed E-state index contributed by atoms with van der Waals surface area (Å²) < 4.78 is 24.5. The molecule has 0 bridgehead atoms. The topological polar surface area (TPSA) is 83.6 Å². The molecule has 3 aromatic rings. The van der Waals surface area contributed by atoms with Crippen LogP contribution in [-0.4, -0.2) is 33.4 Å². The first-order chi connectivity index (χ1) is 15.4. The smallest absolute Gasteiger partial charge is 0.255 e. The van der Waals surface area contributed by atoms with Crippen molar-refractivity contribution < 1.29 is 18.0 Å². The van der Waals surface area contributed by atoms with E-state index in [1.807, 2.05) is 24.3 Å². The summed E-state index contributed by atoms with van der Waals surface area (Å²) in [7, 11) is -1.93. The Morgan fingerprint density at radius 2 is 1.39 bits per heavy atom. The van der Waals surface area contributed by atoms with Crippen molar-refractivity contribution in [1.82, 2.24) is 0 Å². The lowest BCUT2D eigenvalue weighted by atomic mass is 9.86. The van der Waals surface area contributed by atoms with Crippen molar-refractivity contribution in [1.29, 1.82) is 0 Å². The largest absolute Gasteiger partial charge is 0.322 e. The monoisotopic (exact) mass is 464 g/mol. The fourth-order valence-corrected chi connectivity index (χ4v) is 3.75. The fourth-order valence-electron chi connectivity index (χ4n) is 3.24. The van der Waals surface area contributed by atoms with Gasteiger partial charge in [-0.25, -0.2) is 8.42 Å². The molecule has 0 saturated heterocycles. The van der Waals surface area contributed by atoms with Crippen LogP contribution in [0.25, 0.3) is 0 Å². The number of rotatable bonds is 6. The van der Waals surface area contributed by atoms with E-state index < -0.39 is 10.0 Å². The van der Waals surface area contributed by atoms with Crippen molar-refractivity contribution in [3.8, 4) is 0 Å². The summed E-state index contributed by atoms with van der Waals surface area (Å²) in [6.07, 6.45) is 1.11. The minimum atomic E-state index is -3.38. The summed E-state index contributed by atoms with van der Waals surface area (Å²) in [6.45, 7) is 6.36. The molecule has 33 heavy (non-hydrogen) atoms. The molecule has 0 spiro atoms. The highest BCUT2D eigenvalue weighted by Crippen LogP contribution is 2.24. The maximum Gasteiger partial charge on any atom is 0.255 e. The molecule has 3 rings (SSSR count). The van der Waals surface area contributed by atoms with Crippen LogP contribution in [0.4, 0.5) is 11.4 Å². The van der Waals surface area contributed by atoms with Gasteiger partial charge in [-0.15, -0.1) is 0 Å². The second-order valence-corrected chi connectivity index (χ2v) is 11.0. The number of ketones is 1. The van der Waals surface area contributed by atoms with Crippen LogP contribution in [0.2, 0.25) is 0 Å². The van der Waals surface area contributed by atoms with E-state index in [0.29, 0.717) is 28.1 Å². The quantitative estimate of drug-likeness (QED) is 0.528. The van der Waals surface area contributed by atoms with Gasteiger partial charge < -0.3 is 5.32 Å². The lowest BCUT2D eigenvalue weighted by Crippen LogP contribution is -2.24. The molecule has 0 saturated carbocycles. The fraction of sp³-hybridized carbons (Fsp3) is 0.231. The molecule has 0 unspecified atom stereocenters. The summed E-state index contributed by atoms with van der Waals surface area (Å²) in [5, 5.41) is 2.79. The van der Waals surface area contributed by atoms with Gasteiger partial charge in [0, 0.05) is 29.4 Å². The summed E-state index contributed by atoms with van der Waals surface area (Å²) in [5.41, 5.74) is 3.53. The van der Waals surface area contributed by atoms with Crippen molar-refractivity contribution in [3.63, 3.8) is 0 Å². The summed E-state index contributed by atoms with van der Waals surface area (Å²) in [5.74, 6) is -0.484. The minimum absolute atomic E-state index is 0.00416. The summed E-state index contributed by atoms with van der Waals surface area (Å²) >= 11 is 0. The Labute approximate surface area is 195 Å². The minimum Gasteiger partial charge on any atom is -0.322 e. The number of hydrogen-bond donors (Lipinski definition) is 1. The third kappa shape index (κ3) is 5.87. The number of carbonyl (C=O) groups is 2. The Balaban J connectivity index is 1.74. The van der Waals surface area contributed by atoms with Crippen LogP contribution in [-0.2, 0) is 15.4 Å². The predicted octanol–water partition coefficient (Wildman–Crippen LogP) is 4.86. The van der Waals surface area contributed by atoms with Crippen LogP contribution >= 0.6 is 0 Å². The van der Waals surface area contributed by atoms with Gasteiger partial charge in [-0.05, 0) is 47.4 Å². The van der Waals surface area contributed by atoms with Crippen LogP contribution in [0, 0.1) is 0 Å². The first-order valence-electron chi connectivity index (χ1n) is 10.5. The zero-order valence-electron chi connectivity index (χ0n) is 19.4. The second-order valence-electron chi connectivity index (χ2n) is 8.97. The third-order valence-electron chi connectivity index (χ3n) is 5.39. The van der Waals surface area contributed by atoms with Gasteiger partial charge in [-0.1, -0.05) is 57.2 Å². The van der Waals surface area contributed by atoms with Crippen LogP contribution < -0.4 is 9.62 Å². The van der Waals surface area contributed by atoms with Gasteiger partial charge in [-0.3, -0.25) is 13.9 Å². The molecular formula is C26H28N2O4S. The van der Waals surface area contributed by atoms with Crippen molar-refractivity contribution >= 4 is 33.1 Å². The maximum atomic E-state index is 12.9. The number of hydrogen-bond acceptors (Lipinski definition) is 4. The zero-order chi connectivity index (χ0) is 24.4. The van der Waals surface area contributed by atoms with Crippen molar-refractivity contribution in [3.05, 3.63) is 95.1 Å². The molecule has 0 aliphatic heterocycles. The molecule has 172 valence electrons. The molecular weight excluding hydrogens is 436 g/mol. The molecule has 0 radical (unpaired) electrons. The second kappa shape index (κ2) is 9.19. The summed E-state index contributed by atoms with van der Waals surface area (Å²) in [4.78, 5) is 25.6. The Kier molecular flexibility index (Phi) is 6.74. The number of carbonyl (C=O) groups excluding carboxylic acids is 2. The van der Waals surface area contributed by atoms with Crippen LogP contribution in [0.1, 0.15) is 52.6 Å². The molecule has 0 aliphatic carbocycles. The molecule has 0 heterocycles. The number of amides is 1. The highest BCUT2D eigenvalue weighted by atomic mass is 32.2. The highest BCUT2D eigenvalue weighted by molar-refractivity contribution is 7.92. The number of nitrogens with one attached hydrogen (secondary N) is 1. The van der Waals surface area contributed by atoms with E-state index in [0.717, 1.165) is 16.1 Å². The average molecular weight is 465 g/mol. The van der Waals surface area contributed by atoms with E-state index in [1.54, 1.807) is 48.5 Å². The number of nitrogens with zero attached hydrogens (tertiary/aromatic N) is 1. The standard InChI is InChI=1S/C26H28N2O4S/c1-26(2,3)21-13-9-18(10-14-21)24(29)20-7-6-8-22(17-20)27-25(30)19-11-15-23(16-12-19)28(4)33(5,31)32/h6-17H,1-5H3,(H,27,30). The van der Waals surface area contributed by atoms with E-state index in [1.165, 1.54) is 7.05 Å². The Morgan fingerprint density at radius 3 is 1.94 bits per heavy atom. The van der Waals surface area contributed by atoms with Crippen LogP contribution in [0.5, 0.6) is 0 Å². The van der Waals surface area contributed by atoms with Gasteiger partial charge in [0.15, 0.2) is 5.78 Å². The molecule has 0 aromatic heterocycles. The van der Waals surface area contributed by atoms with Crippen molar-refractivity contribution in [2.24, 2.45) is 0 Å². The van der Waals surface area contributed by atoms with Gasteiger partial charge in [0.1, 0.15) is 0 Å². The van der Waals surface area contributed by atoms with Gasteiger partial charge >= 0.3 is 0 Å². The number of benzene rings is 3. The Morgan fingerprint density at radius 1 is 0.818 bits per heavy atom. The number of sulfonamides is 1. The molecule has 0 atom stereocenters.